The van der Waals surface area contributed by atoms with Gasteiger partial charge in [0.15, 0.2) is 0 Å². The van der Waals surface area contributed by atoms with Gasteiger partial charge in [-0.1, -0.05) is 6.07 Å². The summed E-state index contributed by atoms with van der Waals surface area (Å²) < 4.78 is 0. The maximum atomic E-state index is 13.0. The van der Waals surface area contributed by atoms with Crippen LogP contribution in [-0.4, -0.2) is 60.6 Å². The molecule has 0 spiro atoms. The van der Waals surface area contributed by atoms with E-state index in [2.05, 4.69) is 57.6 Å². The highest BCUT2D eigenvalue weighted by molar-refractivity contribution is 7.13. The van der Waals surface area contributed by atoms with E-state index >= 15 is 0 Å². The van der Waals surface area contributed by atoms with Gasteiger partial charge in [0.25, 0.3) is 5.91 Å². The molecule has 1 aliphatic rings. The number of nitrogens with zero attached hydrogens (tertiary/aromatic N) is 2. The molecule has 1 aliphatic heterocycles. The summed E-state index contributed by atoms with van der Waals surface area (Å²) in [6.45, 7) is 9.30. The Morgan fingerprint density at radius 1 is 1.16 bits per heavy atom. The molecule has 3 heterocycles. The lowest BCUT2D eigenvalue weighted by Gasteiger charge is -2.40. The molecule has 1 fully saturated rings. The second-order valence-corrected chi connectivity index (χ2v) is 11.7. The van der Waals surface area contributed by atoms with Gasteiger partial charge in [0, 0.05) is 48.7 Å². The molecule has 0 aliphatic carbocycles. The fourth-order valence-corrected chi connectivity index (χ4v) is 6.68. The molecule has 204 valence electrons. The molecule has 1 aromatic carbocycles. The van der Waals surface area contributed by atoms with E-state index in [-0.39, 0.29) is 18.0 Å². The number of aryl methyl sites for hydroxylation is 2. The van der Waals surface area contributed by atoms with E-state index in [1.54, 1.807) is 22.7 Å². The quantitative estimate of drug-likeness (QED) is 0.309. The zero-order chi connectivity index (χ0) is 27.1. The van der Waals surface area contributed by atoms with Crippen molar-refractivity contribution in [1.82, 2.24) is 20.6 Å². The van der Waals surface area contributed by atoms with Crippen molar-refractivity contribution in [1.29, 1.82) is 0 Å². The van der Waals surface area contributed by atoms with Crippen molar-refractivity contribution in [2.75, 3.05) is 26.7 Å². The van der Waals surface area contributed by atoms with Crippen LogP contribution in [0.1, 0.15) is 53.2 Å². The van der Waals surface area contributed by atoms with E-state index in [1.807, 2.05) is 30.2 Å². The number of piperidine rings is 1. The minimum absolute atomic E-state index is 0.00290. The van der Waals surface area contributed by atoms with Gasteiger partial charge in [-0.2, -0.15) is 11.3 Å². The van der Waals surface area contributed by atoms with Crippen LogP contribution < -0.4 is 10.8 Å². The largest absolute Gasteiger partial charge is 0.352 e. The summed E-state index contributed by atoms with van der Waals surface area (Å²) in [5.74, 6) is -0.00290. The predicted octanol–water partition coefficient (Wildman–Crippen LogP) is 5.84. The SMILES string of the molecule is CONC(=O)N(Cc1ccsc1)C1CCN([C@H](C)CCNC(=O)c2c(C)cc(-c3cccs3)cc2C)CC1. The standard InChI is InChI=1S/C29H38N4O3S2/c1-20-16-24(26-6-5-14-38-26)17-21(2)27(20)28(34)30-11-7-22(3)32-12-8-25(9-13-32)33(29(35)31-36-4)18-23-10-15-37-19-23/h5-6,10,14-17,19,22,25H,7-9,11-13,18H2,1-4H3,(H,30,34)(H,31,35)/t22-/m1/s1. The Bertz CT molecular complexity index is 1170. The van der Waals surface area contributed by atoms with Gasteiger partial charge < -0.3 is 15.1 Å². The van der Waals surface area contributed by atoms with E-state index in [4.69, 9.17) is 4.84 Å². The van der Waals surface area contributed by atoms with Gasteiger partial charge in [-0.25, -0.2) is 10.3 Å². The lowest BCUT2D eigenvalue weighted by atomic mass is 9.98. The third-order valence-corrected chi connectivity index (χ3v) is 9.01. The van der Waals surface area contributed by atoms with E-state index in [0.29, 0.717) is 19.1 Å². The molecule has 9 heteroatoms. The van der Waals surface area contributed by atoms with Crippen LogP contribution >= 0.6 is 22.7 Å². The van der Waals surface area contributed by atoms with E-state index in [9.17, 15) is 9.59 Å². The number of hydroxylamine groups is 1. The topological polar surface area (TPSA) is 73.9 Å². The van der Waals surface area contributed by atoms with Crippen LogP contribution in [0.4, 0.5) is 4.79 Å². The lowest BCUT2D eigenvalue weighted by molar-refractivity contribution is 0.0565. The fraction of sp³-hybridized carbons (Fsp3) is 0.448. The minimum atomic E-state index is -0.193. The molecular weight excluding hydrogens is 516 g/mol. The number of hydrogen-bond donors (Lipinski definition) is 2. The zero-order valence-corrected chi connectivity index (χ0v) is 24.3. The van der Waals surface area contributed by atoms with Gasteiger partial charge in [0.05, 0.1) is 7.11 Å². The van der Waals surface area contributed by atoms with E-state index in [1.165, 1.54) is 12.0 Å². The monoisotopic (exact) mass is 554 g/mol. The molecule has 38 heavy (non-hydrogen) atoms. The number of amides is 3. The number of hydrogen-bond acceptors (Lipinski definition) is 6. The summed E-state index contributed by atoms with van der Waals surface area (Å²) in [7, 11) is 1.46. The summed E-state index contributed by atoms with van der Waals surface area (Å²) in [5, 5.41) is 9.34. The van der Waals surface area contributed by atoms with Crippen LogP contribution in [0.5, 0.6) is 0 Å². The molecule has 2 aromatic heterocycles. The van der Waals surface area contributed by atoms with Crippen LogP contribution in [0, 0.1) is 13.8 Å². The number of likely N-dealkylation sites (tertiary alicyclic amines) is 1. The average Bonchev–Trinajstić information content (AvgIpc) is 3.62. The van der Waals surface area contributed by atoms with Crippen LogP contribution in [0.15, 0.2) is 46.5 Å². The molecule has 0 radical (unpaired) electrons. The van der Waals surface area contributed by atoms with Crippen LogP contribution in [0.2, 0.25) is 0 Å². The van der Waals surface area contributed by atoms with Gasteiger partial charge in [0.2, 0.25) is 0 Å². The maximum absolute atomic E-state index is 13.0. The van der Waals surface area contributed by atoms with Crippen molar-refractivity contribution in [3.05, 3.63) is 68.7 Å². The number of rotatable bonds is 10. The third-order valence-electron chi connectivity index (χ3n) is 7.36. The second-order valence-electron chi connectivity index (χ2n) is 9.99. The Labute approximate surface area is 233 Å². The Balaban J connectivity index is 1.26. The first-order chi connectivity index (χ1) is 18.4. The summed E-state index contributed by atoms with van der Waals surface area (Å²) >= 11 is 3.35. The number of thiophene rings is 2. The van der Waals surface area contributed by atoms with E-state index < -0.39 is 0 Å². The summed E-state index contributed by atoms with van der Waals surface area (Å²) in [5.41, 5.74) is 7.59. The minimum Gasteiger partial charge on any atom is -0.352 e. The highest BCUT2D eigenvalue weighted by Crippen LogP contribution is 2.29. The molecule has 3 amide bonds. The maximum Gasteiger partial charge on any atom is 0.341 e. The molecule has 0 bridgehead atoms. The molecule has 4 rings (SSSR count). The Morgan fingerprint density at radius 2 is 1.89 bits per heavy atom. The van der Waals surface area contributed by atoms with E-state index in [0.717, 1.165) is 60.2 Å². The van der Waals surface area contributed by atoms with Gasteiger partial charge >= 0.3 is 6.03 Å². The number of benzene rings is 1. The molecule has 3 aromatic rings. The molecule has 1 saturated heterocycles. The van der Waals surface area contributed by atoms with Crippen LogP contribution in [-0.2, 0) is 11.4 Å². The first kappa shape index (κ1) is 28.3. The summed E-state index contributed by atoms with van der Waals surface area (Å²) in [4.78, 5) is 36.2. The Hall–Kier alpha value is -2.72. The fourth-order valence-electron chi connectivity index (χ4n) is 5.30. The van der Waals surface area contributed by atoms with Crippen molar-refractivity contribution in [3.8, 4) is 10.4 Å². The van der Waals surface area contributed by atoms with Crippen LogP contribution in [0.3, 0.4) is 0 Å². The molecule has 1 atom stereocenters. The van der Waals surface area contributed by atoms with Crippen LogP contribution in [0.25, 0.3) is 10.4 Å². The highest BCUT2D eigenvalue weighted by atomic mass is 32.1. The molecule has 2 N–H and O–H groups in total. The Morgan fingerprint density at radius 3 is 2.50 bits per heavy atom. The highest BCUT2D eigenvalue weighted by Gasteiger charge is 2.30. The number of nitrogens with one attached hydrogen (secondary N) is 2. The molecule has 7 nitrogen and oxygen atoms in total. The van der Waals surface area contributed by atoms with Crippen molar-refractivity contribution in [2.45, 2.75) is 58.7 Å². The van der Waals surface area contributed by atoms with Crippen molar-refractivity contribution in [2.24, 2.45) is 0 Å². The third kappa shape index (κ3) is 7.02. The average molecular weight is 555 g/mol. The summed E-state index contributed by atoms with van der Waals surface area (Å²) in [6.07, 6.45) is 2.70. The second kappa shape index (κ2) is 13.4. The molecular formula is C29H38N4O3S2. The van der Waals surface area contributed by atoms with Gasteiger partial charge in [-0.3, -0.25) is 9.63 Å². The smallest absolute Gasteiger partial charge is 0.341 e. The normalized spacial score (nSPS) is 15.3. The number of carbonyl (C=O) groups is 2. The zero-order valence-electron chi connectivity index (χ0n) is 22.7. The number of carbonyl (C=O) groups excluding carboxylic acids is 2. The van der Waals surface area contributed by atoms with Crippen molar-refractivity contribution < 1.29 is 14.4 Å². The predicted molar refractivity (Wildman–Crippen MR) is 156 cm³/mol. The first-order valence-corrected chi connectivity index (χ1v) is 15.0. The van der Waals surface area contributed by atoms with Gasteiger partial charge in [-0.05, 0) is 103 Å². The van der Waals surface area contributed by atoms with Crippen molar-refractivity contribution in [3.63, 3.8) is 0 Å². The Kier molecular flexibility index (Phi) is 9.96. The summed E-state index contributed by atoms with van der Waals surface area (Å²) in [6, 6.07) is 10.7. The first-order valence-electron chi connectivity index (χ1n) is 13.2. The van der Waals surface area contributed by atoms with Gasteiger partial charge in [-0.15, -0.1) is 11.3 Å². The number of urea groups is 1. The molecule has 0 unspecified atom stereocenters. The molecule has 0 saturated carbocycles. The lowest BCUT2D eigenvalue weighted by Crippen LogP contribution is -2.51. The van der Waals surface area contributed by atoms with Gasteiger partial charge in [0.1, 0.15) is 0 Å². The van der Waals surface area contributed by atoms with Crippen molar-refractivity contribution >= 4 is 34.6 Å².